The number of rotatable bonds is 8. The quantitative estimate of drug-likeness (QED) is 0.382. The van der Waals surface area contributed by atoms with Crippen molar-refractivity contribution in [3.63, 3.8) is 0 Å². The Labute approximate surface area is 193 Å². The Morgan fingerprint density at radius 1 is 1.41 bits per heavy atom. The van der Waals surface area contributed by atoms with Gasteiger partial charge in [0.25, 0.3) is 5.91 Å². The Balaban J connectivity index is 1.74. The molecule has 0 saturated carbocycles. The molecule has 1 amide bonds. The van der Waals surface area contributed by atoms with Crippen LogP contribution in [0.25, 0.3) is 0 Å². The summed E-state index contributed by atoms with van der Waals surface area (Å²) in [5.41, 5.74) is 1.06. The molecule has 174 valence electrons. The molecule has 0 aliphatic carbocycles. The second-order valence-electron chi connectivity index (χ2n) is 7.14. The first-order chi connectivity index (χ1) is 15.3. The largest absolute Gasteiger partial charge is 0.476 e. The maximum absolute atomic E-state index is 12.6. The second-order valence-corrected chi connectivity index (χ2v) is 8.47. The molecular formula is C19H25ClN6O5S. The average Bonchev–Trinajstić information content (AvgIpc) is 3.38. The van der Waals surface area contributed by atoms with Gasteiger partial charge in [0.1, 0.15) is 7.11 Å². The third kappa shape index (κ3) is 5.03. The van der Waals surface area contributed by atoms with Crippen molar-refractivity contribution < 1.29 is 24.3 Å². The Bertz CT molecular complexity index is 1020. The zero-order valence-electron chi connectivity index (χ0n) is 18.1. The van der Waals surface area contributed by atoms with Gasteiger partial charge in [0.15, 0.2) is 21.8 Å². The smallest absolute Gasteiger partial charge is 0.356 e. The number of hydrogen-bond acceptors (Lipinski definition) is 9. The summed E-state index contributed by atoms with van der Waals surface area (Å²) in [4.78, 5) is 42.7. The van der Waals surface area contributed by atoms with Gasteiger partial charge in [-0.05, 0) is 19.8 Å². The van der Waals surface area contributed by atoms with Gasteiger partial charge in [-0.25, -0.2) is 14.8 Å². The molecule has 0 bridgehead atoms. The lowest BCUT2D eigenvalue weighted by Gasteiger charge is -2.37. The van der Waals surface area contributed by atoms with E-state index in [0.717, 1.165) is 0 Å². The number of methoxy groups -OCH3 is 1. The molecule has 13 heteroatoms. The maximum Gasteiger partial charge on any atom is 0.356 e. The van der Waals surface area contributed by atoms with E-state index in [0.29, 0.717) is 47.3 Å². The number of carboxylic acid groups (broad SMARTS) is 1. The molecule has 0 spiro atoms. The summed E-state index contributed by atoms with van der Waals surface area (Å²) >= 11 is 7.26. The summed E-state index contributed by atoms with van der Waals surface area (Å²) in [7, 11) is 2.96. The van der Waals surface area contributed by atoms with Crippen molar-refractivity contribution in [2.24, 2.45) is 5.16 Å². The predicted molar refractivity (Wildman–Crippen MR) is 120 cm³/mol. The molecule has 1 aliphatic heterocycles. The summed E-state index contributed by atoms with van der Waals surface area (Å²) in [6.45, 7) is 4.56. The van der Waals surface area contributed by atoms with Crippen molar-refractivity contribution >= 4 is 45.7 Å². The molecule has 1 aliphatic rings. The second kappa shape index (κ2) is 10.3. The number of piperidine rings is 1. The zero-order valence-corrected chi connectivity index (χ0v) is 19.7. The van der Waals surface area contributed by atoms with Gasteiger partial charge in [0.05, 0.1) is 28.4 Å². The minimum Gasteiger partial charge on any atom is -0.476 e. The number of carbonyl (C=O) groups is 2. The number of aromatic amines is 1. The number of carbonyl (C=O) groups excluding carboxylic acids is 1. The highest BCUT2D eigenvalue weighted by atomic mass is 35.5. The van der Waals surface area contributed by atoms with Gasteiger partial charge in [0.2, 0.25) is 0 Å². The van der Waals surface area contributed by atoms with E-state index in [4.69, 9.17) is 21.2 Å². The van der Waals surface area contributed by atoms with Crippen LogP contribution in [0, 0.1) is 0 Å². The number of halogens is 1. The number of thiazole rings is 1. The first-order valence-electron chi connectivity index (χ1n) is 9.94. The normalized spacial score (nSPS) is 19.2. The van der Waals surface area contributed by atoms with Crippen molar-refractivity contribution in [2.45, 2.75) is 38.8 Å². The number of aromatic carboxylic acids is 1. The molecule has 1 saturated heterocycles. The molecule has 11 nitrogen and oxygen atoms in total. The number of aryl methyl sites for hydroxylation is 1. The highest BCUT2D eigenvalue weighted by molar-refractivity contribution is 7.17. The zero-order chi connectivity index (χ0) is 23.4. The number of H-pyrrole nitrogens is 1. The molecule has 2 unspecified atom stereocenters. The molecule has 3 N–H and O–H groups in total. The van der Waals surface area contributed by atoms with E-state index in [9.17, 15) is 14.7 Å². The van der Waals surface area contributed by atoms with Gasteiger partial charge >= 0.3 is 5.97 Å². The molecule has 0 aromatic carbocycles. The number of imidazole rings is 1. The van der Waals surface area contributed by atoms with Crippen LogP contribution >= 0.6 is 22.9 Å². The van der Waals surface area contributed by atoms with Gasteiger partial charge in [-0.1, -0.05) is 35.0 Å². The molecule has 2 aromatic heterocycles. The monoisotopic (exact) mass is 484 g/mol. The van der Waals surface area contributed by atoms with Crippen molar-refractivity contribution in [1.29, 1.82) is 0 Å². The van der Waals surface area contributed by atoms with Crippen LogP contribution in [-0.4, -0.2) is 77.1 Å². The van der Waals surface area contributed by atoms with E-state index >= 15 is 0 Å². The van der Waals surface area contributed by atoms with E-state index in [1.54, 1.807) is 14.0 Å². The summed E-state index contributed by atoms with van der Waals surface area (Å²) in [5, 5.41) is 17.1. The van der Waals surface area contributed by atoms with Crippen LogP contribution in [-0.2, 0) is 16.0 Å². The minimum atomic E-state index is -1.14. The van der Waals surface area contributed by atoms with Gasteiger partial charge in [-0.3, -0.25) is 4.79 Å². The molecule has 2 atom stereocenters. The Morgan fingerprint density at radius 3 is 2.75 bits per heavy atom. The van der Waals surface area contributed by atoms with E-state index in [2.05, 4.69) is 25.4 Å². The number of ether oxygens (including phenoxy) is 1. The Kier molecular flexibility index (Phi) is 7.69. The van der Waals surface area contributed by atoms with Crippen LogP contribution in [0.4, 0.5) is 5.13 Å². The lowest BCUT2D eigenvalue weighted by molar-refractivity contribution is 0.0538. The van der Waals surface area contributed by atoms with E-state index < -0.39 is 5.97 Å². The SMILES string of the molecule is CCc1[nH]c(C(=O)NC2CCN(c3nc(C(=O)O)c(/C(C)=N\OC)s3)CC2OC)nc1Cl. The summed E-state index contributed by atoms with van der Waals surface area (Å²) < 4.78 is 5.62. The fourth-order valence-corrected chi connectivity index (χ4v) is 4.77. The Morgan fingerprint density at radius 2 is 2.16 bits per heavy atom. The average molecular weight is 485 g/mol. The van der Waals surface area contributed by atoms with E-state index in [1.807, 2.05) is 11.8 Å². The number of oxime groups is 1. The van der Waals surface area contributed by atoms with E-state index in [1.165, 1.54) is 18.4 Å². The van der Waals surface area contributed by atoms with Crippen molar-refractivity contribution in [3.8, 4) is 0 Å². The first-order valence-corrected chi connectivity index (χ1v) is 11.1. The van der Waals surface area contributed by atoms with Gasteiger partial charge in [-0.2, -0.15) is 0 Å². The molecule has 32 heavy (non-hydrogen) atoms. The molecule has 1 fully saturated rings. The van der Waals surface area contributed by atoms with Crippen LogP contribution in [0.2, 0.25) is 5.15 Å². The van der Waals surface area contributed by atoms with Crippen molar-refractivity contribution in [1.82, 2.24) is 20.3 Å². The van der Waals surface area contributed by atoms with Gasteiger partial charge in [0, 0.05) is 20.2 Å². The molecule has 0 radical (unpaired) electrons. The lowest BCUT2D eigenvalue weighted by Crippen LogP contribution is -2.55. The molecule has 3 heterocycles. The summed E-state index contributed by atoms with van der Waals surface area (Å²) in [5.74, 6) is -1.34. The molecular weight excluding hydrogens is 460 g/mol. The fraction of sp³-hybridized carbons (Fsp3) is 0.526. The van der Waals surface area contributed by atoms with Crippen LogP contribution in [0.1, 0.15) is 51.9 Å². The third-order valence-electron chi connectivity index (χ3n) is 5.12. The highest BCUT2D eigenvalue weighted by Gasteiger charge is 2.33. The number of carboxylic acids is 1. The highest BCUT2D eigenvalue weighted by Crippen LogP contribution is 2.30. The molecule has 3 rings (SSSR count). The van der Waals surface area contributed by atoms with Crippen LogP contribution in [0.3, 0.4) is 0 Å². The van der Waals surface area contributed by atoms with Crippen molar-refractivity contribution in [3.05, 3.63) is 27.2 Å². The Hall–Kier alpha value is -2.70. The number of anilines is 1. The van der Waals surface area contributed by atoms with E-state index in [-0.39, 0.29) is 34.7 Å². The summed E-state index contributed by atoms with van der Waals surface area (Å²) in [6, 6.07) is -0.257. The topological polar surface area (TPSA) is 142 Å². The van der Waals surface area contributed by atoms with Crippen LogP contribution in [0.15, 0.2) is 5.16 Å². The van der Waals surface area contributed by atoms with Gasteiger partial charge < -0.3 is 29.9 Å². The number of hydrogen-bond donors (Lipinski definition) is 3. The first kappa shape index (κ1) is 24.0. The van der Waals surface area contributed by atoms with Crippen LogP contribution < -0.4 is 10.2 Å². The minimum absolute atomic E-state index is 0.0749. The standard InChI is InChI=1S/C19H25ClN6O5S/c1-5-10-15(20)24-16(21-10)17(27)22-11-6-7-26(8-12(11)30-3)19-23-13(18(28)29)14(32-19)9(2)25-31-4/h11-12H,5-8H2,1-4H3,(H,21,24)(H,22,27)(H,28,29)/b25-9-. The fourth-order valence-electron chi connectivity index (χ4n) is 3.47. The maximum atomic E-state index is 12.6. The predicted octanol–water partition coefficient (Wildman–Crippen LogP) is 2.17. The summed E-state index contributed by atoms with van der Waals surface area (Å²) in [6.07, 6.45) is 0.876. The van der Waals surface area contributed by atoms with Crippen LogP contribution in [0.5, 0.6) is 0 Å². The van der Waals surface area contributed by atoms with Crippen molar-refractivity contribution in [2.75, 3.05) is 32.2 Å². The van der Waals surface area contributed by atoms with Gasteiger partial charge in [-0.15, -0.1) is 0 Å². The lowest BCUT2D eigenvalue weighted by atomic mass is 10.0. The number of nitrogens with one attached hydrogen (secondary N) is 2. The number of amides is 1. The molecule has 2 aromatic rings. The number of aromatic nitrogens is 3. The number of nitrogens with zero attached hydrogens (tertiary/aromatic N) is 4. The third-order valence-corrected chi connectivity index (χ3v) is 6.66.